The van der Waals surface area contributed by atoms with Crippen LogP contribution >= 0.6 is 0 Å². The van der Waals surface area contributed by atoms with E-state index in [9.17, 15) is 0 Å². The summed E-state index contributed by atoms with van der Waals surface area (Å²) in [6, 6.07) is 0.0270. The van der Waals surface area contributed by atoms with E-state index in [4.69, 9.17) is 11.1 Å². The predicted octanol–water partition coefficient (Wildman–Crippen LogP) is 0.984. The van der Waals surface area contributed by atoms with Gasteiger partial charge in [-0.05, 0) is 44.5 Å². The third kappa shape index (κ3) is 6.52. The smallest absolute Gasteiger partial charge is 0.126 e. The van der Waals surface area contributed by atoms with E-state index >= 15 is 0 Å². The average Bonchev–Trinajstić information content (AvgIpc) is 3.20. The van der Waals surface area contributed by atoms with Crippen LogP contribution in [0.3, 0.4) is 0 Å². The van der Waals surface area contributed by atoms with Crippen LogP contribution < -0.4 is 16.4 Å². The molecule has 0 aliphatic heterocycles. The Morgan fingerprint density at radius 2 is 2.32 bits per heavy atom. The molecule has 0 aromatic carbocycles. The molecule has 0 saturated heterocycles. The van der Waals surface area contributed by atoms with Crippen LogP contribution in [0, 0.1) is 11.3 Å². The summed E-state index contributed by atoms with van der Waals surface area (Å²) in [5.41, 5.74) is 5.20. The lowest BCUT2D eigenvalue weighted by atomic mass is 10.3. The third-order valence-electron chi connectivity index (χ3n) is 2.72. The largest absolute Gasteiger partial charge is 0.405 e. The fraction of sp³-hybridized carbons (Fsp3) is 0.462. The minimum Gasteiger partial charge on any atom is -0.405 e. The summed E-state index contributed by atoms with van der Waals surface area (Å²) in [5.74, 6) is 1.88. The van der Waals surface area contributed by atoms with Gasteiger partial charge < -0.3 is 16.4 Å². The first-order valence-corrected chi connectivity index (χ1v) is 6.34. The molecule has 1 aliphatic rings. The van der Waals surface area contributed by atoms with Crippen molar-refractivity contribution in [2.75, 3.05) is 6.54 Å². The van der Waals surface area contributed by atoms with Gasteiger partial charge in [-0.25, -0.2) is 9.98 Å². The van der Waals surface area contributed by atoms with Crippen molar-refractivity contribution in [3.05, 3.63) is 24.7 Å². The Balaban J connectivity index is 2.48. The van der Waals surface area contributed by atoms with Crippen molar-refractivity contribution in [3.8, 4) is 0 Å². The van der Waals surface area contributed by atoms with E-state index in [-0.39, 0.29) is 6.04 Å². The number of rotatable bonds is 8. The Bertz CT molecular complexity index is 392. The standard InChI is InChI=1S/C13H22N6/c1-10(17-8-12-4-5-12)13(18-9-15)19-11(2)16-7-3-6-14/h3,6-7,9-10,12,17H,2,4-5,8,14H2,1H3,(H2,15,18,19)/b6-3-,16-7-. The number of aliphatic imine (C=N–C) groups is 2. The van der Waals surface area contributed by atoms with E-state index in [1.54, 1.807) is 12.3 Å². The van der Waals surface area contributed by atoms with Gasteiger partial charge in [0, 0.05) is 6.21 Å². The fourth-order valence-corrected chi connectivity index (χ4v) is 1.45. The molecular weight excluding hydrogens is 240 g/mol. The van der Waals surface area contributed by atoms with Crippen molar-refractivity contribution in [1.29, 1.82) is 5.41 Å². The Labute approximate surface area is 114 Å². The number of allylic oxidation sites excluding steroid dienone is 1. The predicted molar refractivity (Wildman–Crippen MR) is 80.5 cm³/mol. The summed E-state index contributed by atoms with van der Waals surface area (Å²) < 4.78 is 0. The zero-order chi connectivity index (χ0) is 14.1. The zero-order valence-electron chi connectivity index (χ0n) is 11.3. The molecule has 0 spiro atoms. The molecule has 0 radical (unpaired) electrons. The van der Waals surface area contributed by atoms with Gasteiger partial charge >= 0.3 is 0 Å². The van der Waals surface area contributed by atoms with E-state index < -0.39 is 0 Å². The molecule has 5 N–H and O–H groups in total. The maximum absolute atomic E-state index is 7.09. The van der Waals surface area contributed by atoms with E-state index in [2.05, 4.69) is 27.2 Å². The molecule has 1 atom stereocenters. The lowest BCUT2D eigenvalue weighted by molar-refractivity contribution is 0.606. The number of amidine groups is 1. The van der Waals surface area contributed by atoms with E-state index in [1.807, 2.05) is 6.92 Å². The second-order valence-electron chi connectivity index (χ2n) is 4.45. The topological polar surface area (TPSA) is 98.7 Å². The molecule has 19 heavy (non-hydrogen) atoms. The van der Waals surface area contributed by atoms with Crippen LogP contribution in [-0.2, 0) is 0 Å². The molecule has 6 nitrogen and oxygen atoms in total. The molecule has 6 heteroatoms. The Morgan fingerprint density at radius 1 is 1.58 bits per heavy atom. The van der Waals surface area contributed by atoms with Crippen LogP contribution in [0.15, 0.2) is 34.7 Å². The summed E-state index contributed by atoms with van der Waals surface area (Å²) in [6.45, 7) is 6.74. The minimum atomic E-state index is 0.0270. The first kappa shape index (κ1) is 15.1. The number of hydrogen-bond acceptors (Lipinski definition) is 4. The fourth-order valence-electron chi connectivity index (χ4n) is 1.45. The maximum atomic E-state index is 7.09. The average molecular weight is 262 g/mol. The minimum absolute atomic E-state index is 0.0270. The lowest BCUT2D eigenvalue weighted by Crippen LogP contribution is -2.42. The molecule has 0 bridgehead atoms. The highest BCUT2D eigenvalue weighted by molar-refractivity contribution is 5.93. The van der Waals surface area contributed by atoms with Gasteiger partial charge in [-0.2, -0.15) is 0 Å². The molecule has 1 rings (SSSR count). The molecule has 1 unspecified atom stereocenters. The highest BCUT2D eigenvalue weighted by atomic mass is 15.1. The molecule has 0 heterocycles. The number of hydrogen-bond donors (Lipinski definition) is 4. The van der Waals surface area contributed by atoms with Crippen molar-refractivity contribution in [2.24, 2.45) is 21.6 Å². The molecule has 0 aromatic rings. The van der Waals surface area contributed by atoms with Gasteiger partial charge in [-0.3, -0.25) is 5.41 Å². The quantitative estimate of drug-likeness (QED) is 0.387. The second kappa shape index (κ2) is 8.20. The van der Waals surface area contributed by atoms with Gasteiger partial charge in [0.15, 0.2) is 0 Å². The zero-order valence-corrected chi connectivity index (χ0v) is 11.3. The van der Waals surface area contributed by atoms with E-state index in [1.165, 1.54) is 19.0 Å². The number of nitrogens with one attached hydrogen (secondary N) is 3. The molecule has 1 fully saturated rings. The SMILES string of the molecule is C=C(/N=C\C=C/N)N/C(=N\C=N)C(C)NCC1CC1. The first-order chi connectivity index (χ1) is 9.17. The van der Waals surface area contributed by atoms with Gasteiger partial charge in [0.25, 0.3) is 0 Å². The summed E-state index contributed by atoms with van der Waals surface area (Å²) in [4.78, 5) is 8.04. The van der Waals surface area contributed by atoms with Crippen molar-refractivity contribution in [1.82, 2.24) is 10.6 Å². The van der Waals surface area contributed by atoms with Gasteiger partial charge in [0.05, 0.1) is 6.04 Å². The van der Waals surface area contributed by atoms with Gasteiger partial charge in [0.2, 0.25) is 0 Å². The van der Waals surface area contributed by atoms with Gasteiger partial charge in [-0.1, -0.05) is 6.58 Å². The number of nitrogens with zero attached hydrogens (tertiary/aromatic N) is 2. The molecule has 104 valence electrons. The van der Waals surface area contributed by atoms with Crippen molar-refractivity contribution in [3.63, 3.8) is 0 Å². The Hall–Kier alpha value is -1.95. The molecule has 0 amide bonds. The maximum Gasteiger partial charge on any atom is 0.126 e. The molecule has 1 aliphatic carbocycles. The van der Waals surface area contributed by atoms with Crippen molar-refractivity contribution in [2.45, 2.75) is 25.8 Å². The van der Waals surface area contributed by atoms with Crippen LogP contribution in [0.5, 0.6) is 0 Å². The van der Waals surface area contributed by atoms with E-state index in [0.717, 1.165) is 18.8 Å². The highest BCUT2D eigenvalue weighted by Crippen LogP contribution is 2.27. The van der Waals surface area contributed by atoms with Gasteiger partial charge in [-0.15, -0.1) is 0 Å². The lowest BCUT2D eigenvalue weighted by Gasteiger charge is -2.17. The summed E-state index contributed by atoms with van der Waals surface area (Å²) in [5, 5.41) is 13.5. The van der Waals surface area contributed by atoms with Crippen molar-refractivity contribution >= 4 is 18.4 Å². The normalized spacial score (nSPS) is 17.8. The summed E-state index contributed by atoms with van der Waals surface area (Å²) >= 11 is 0. The van der Waals surface area contributed by atoms with Crippen LogP contribution in [0.25, 0.3) is 0 Å². The molecule has 1 saturated carbocycles. The Kier molecular flexibility index (Phi) is 6.52. The monoisotopic (exact) mass is 262 g/mol. The number of nitrogens with two attached hydrogens (primary N) is 1. The molecule has 0 aromatic heterocycles. The summed E-state index contributed by atoms with van der Waals surface area (Å²) in [6.07, 6.45) is 8.14. The van der Waals surface area contributed by atoms with Gasteiger partial charge in [0.1, 0.15) is 18.0 Å². The Morgan fingerprint density at radius 3 is 2.89 bits per heavy atom. The van der Waals surface area contributed by atoms with E-state index in [0.29, 0.717) is 11.7 Å². The van der Waals surface area contributed by atoms with Crippen LogP contribution in [0.4, 0.5) is 0 Å². The van der Waals surface area contributed by atoms with Crippen molar-refractivity contribution < 1.29 is 0 Å². The molecular formula is C13H22N6. The third-order valence-corrected chi connectivity index (χ3v) is 2.72. The second-order valence-corrected chi connectivity index (χ2v) is 4.45. The van der Waals surface area contributed by atoms with Crippen LogP contribution in [0.2, 0.25) is 0 Å². The summed E-state index contributed by atoms with van der Waals surface area (Å²) in [7, 11) is 0. The highest BCUT2D eigenvalue weighted by Gasteiger charge is 2.22. The first-order valence-electron chi connectivity index (χ1n) is 6.34. The van der Waals surface area contributed by atoms with Crippen LogP contribution in [-0.4, -0.2) is 31.0 Å². The van der Waals surface area contributed by atoms with Crippen LogP contribution in [0.1, 0.15) is 19.8 Å².